The molecule has 256 valence electrons. The number of hydrogen-bond donors (Lipinski definition) is 0. The second-order valence-electron chi connectivity index (χ2n) is 15.7. The molecule has 0 spiro atoms. The molecule has 0 saturated carbocycles. The maximum absolute atomic E-state index is 5.51. The molecule has 0 bridgehead atoms. The minimum Gasteiger partial charge on any atom is -0.254 e. The van der Waals surface area contributed by atoms with Gasteiger partial charge in [-0.1, -0.05) is 159 Å². The molecule has 2 aromatic heterocycles. The fraction of sp³-hybridized carbons (Fsp3) is 0.0566. The van der Waals surface area contributed by atoms with Crippen LogP contribution in [0.3, 0.4) is 0 Å². The van der Waals surface area contributed by atoms with Crippen molar-refractivity contribution >= 4 is 75.5 Å². The van der Waals surface area contributed by atoms with Gasteiger partial charge in [0, 0.05) is 27.9 Å². The van der Waals surface area contributed by atoms with Crippen molar-refractivity contribution in [2.45, 2.75) is 19.3 Å². The van der Waals surface area contributed by atoms with Crippen molar-refractivity contribution < 1.29 is 0 Å². The SMILES string of the molecule is CC1(C)c2cc(-c3c4ccccc4c(-c4c5ccccc5cc5ccccc45)c4ccccc34)cnc2-c2nc3c4ccccc4c4ccccc4c3cc21. The molecule has 0 atom stereocenters. The van der Waals surface area contributed by atoms with E-state index in [1.165, 1.54) is 97.8 Å². The van der Waals surface area contributed by atoms with Crippen molar-refractivity contribution in [1.82, 2.24) is 9.97 Å². The summed E-state index contributed by atoms with van der Waals surface area (Å²) in [6, 6.07) is 60.1. The van der Waals surface area contributed by atoms with E-state index in [2.05, 4.69) is 184 Å². The van der Waals surface area contributed by atoms with Crippen LogP contribution in [-0.2, 0) is 5.41 Å². The molecule has 1 aliphatic rings. The topological polar surface area (TPSA) is 25.8 Å². The van der Waals surface area contributed by atoms with Gasteiger partial charge in [0.1, 0.15) is 0 Å². The van der Waals surface area contributed by atoms with E-state index in [-0.39, 0.29) is 5.41 Å². The third-order valence-electron chi connectivity index (χ3n) is 12.4. The Morgan fingerprint density at radius 1 is 0.364 bits per heavy atom. The minimum absolute atomic E-state index is 0.297. The van der Waals surface area contributed by atoms with E-state index in [1.807, 2.05) is 0 Å². The molecule has 0 N–H and O–H groups in total. The van der Waals surface area contributed by atoms with E-state index >= 15 is 0 Å². The van der Waals surface area contributed by atoms with Crippen molar-refractivity contribution in [1.29, 1.82) is 0 Å². The zero-order valence-corrected chi connectivity index (χ0v) is 30.6. The third kappa shape index (κ3) is 4.14. The van der Waals surface area contributed by atoms with Crippen molar-refractivity contribution in [3.63, 3.8) is 0 Å². The van der Waals surface area contributed by atoms with Crippen LogP contribution in [0.1, 0.15) is 25.0 Å². The Bertz CT molecular complexity index is 3350. The first kappa shape index (κ1) is 30.6. The van der Waals surface area contributed by atoms with Gasteiger partial charge in [-0.05, 0) is 105 Å². The van der Waals surface area contributed by atoms with E-state index < -0.39 is 0 Å². The highest BCUT2D eigenvalue weighted by molar-refractivity contribution is 6.28. The highest BCUT2D eigenvalue weighted by Gasteiger charge is 2.39. The molecule has 0 fully saturated rings. The molecule has 0 aliphatic heterocycles. The predicted molar refractivity (Wildman–Crippen MR) is 233 cm³/mol. The van der Waals surface area contributed by atoms with E-state index in [9.17, 15) is 0 Å². The first-order chi connectivity index (χ1) is 27.1. The number of pyridine rings is 2. The quantitative estimate of drug-likeness (QED) is 0.133. The fourth-order valence-electron chi connectivity index (χ4n) is 9.86. The summed E-state index contributed by atoms with van der Waals surface area (Å²) in [6.07, 6.45) is 2.09. The molecule has 0 unspecified atom stereocenters. The predicted octanol–water partition coefficient (Wildman–Crippen LogP) is 14.2. The van der Waals surface area contributed by atoms with Gasteiger partial charge in [-0.25, -0.2) is 4.98 Å². The maximum atomic E-state index is 5.51. The second kappa shape index (κ2) is 11.1. The number of benzene rings is 9. The van der Waals surface area contributed by atoms with E-state index in [4.69, 9.17) is 9.97 Å². The maximum Gasteiger partial charge on any atom is 0.0938 e. The van der Waals surface area contributed by atoms with E-state index in [0.29, 0.717) is 0 Å². The molecule has 2 heterocycles. The normalized spacial score (nSPS) is 13.4. The van der Waals surface area contributed by atoms with Crippen molar-refractivity contribution in [3.8, 4) is 33.6 Å². The standard InChI is InChI=1S/C53H34N2/c1-53(2)45-28-33(30-54-51(45)52-46(53)29-44-38-21-8-7-19-36(38)37-20-9-14-26-43(37)50(44)55-52)47-39-22-10-12-24-41(39)49(42-25-13-11-23-40(42)47)48-34-17-5-3-15-31(34)27-32-16-4-6-18-35(32)48/h3-30H,1-2H3. The Hall–Kier alpha value is -6.90. The molecule has 9 aromatic carbocycles. The van der Waals surface area contributed by atoms with Gasteiger partial charge in [0.2, 0.25) is 0 Å². The molecule has 2 heteroatoms. The monoisotopic (exact) mass is 698 g/mol. The zero-order valence-electron chi connectivity index (χ0n) is 30.6. The first-order valence-corrected chi connectivity index (χ1v) is 19.2. The van der Waals surface area contributed by atoms with Gasteiger partial charge in [-0.3, -0.25) is 4.98 Å². The van der Waals surface area contributed by atoms with Crippen LogP contribution in [0.2, 0.25) is 0 Å². The summed E-state index contributed by atoms with van der Waals surface area (Å²) in [6.45, 7) is 4.68. The highest BCUT2D eigenvalue weighted by atomic mass is 14.8. The summed E-state index contributed by atoms with van der Waals surface area (Å²) in [5.74, 6) is 0. The van der Waals surface area contributed by atoms with Crippen molar-refractivity contribution in [2.75, 3.05) is 0 Å². The lowest BCUT2D eigenvalue weighted by Crippen LogP contribution is -2.15. The Kier molecular flexibility index (Phi) is 6.15. The number of rotatable bonds is 2. The van der Waals surface area contributed by atoms with Crippen LogP contribution in [0.4, 0.5) is 0 Å². The molecule has 0 saturated heterocycles. The second-order valence-corrected chi connectivity index (χ2v) is 15.7. The number of nitrogens with zero attached hydrogens (tertiary/aromatic N) is 2. The Balaban J connectivity index is 1.14. The van der Waals surface area contributed by atoms with Crippen LogP contribution in [0.15, 0.2) is 170 Å². The zero-order chi connectivity index (χ0) is 36.4. The summed E-state index contributed by atoms with van der Waals surface area (Å²) in [7, 11) is 0. The minimum atomic E-state index is -0.297. The van der Waals surface area contributed by atoms with Crippen LogP contribution < -0.4 is 0 Å². The number of fused-ring (bicyclic) bond motifs is 13. The third-order valence-corrected chi connectivity index (χ3v) is 12.4. The van der Waals surface area contributed by atoms with Crippen LogP contribution in [0, 0.1) is 0 Å². The number of aromatic nitrogens is 2. The summed E-state index contributed by atoms with van der Waals surface area (Å²) in [5.41, 5.74) is 10.1. The first-order valence-electron chi connectivity index (χ1n) is 19.2. The van der Waals surface area contributed by atoms with Gasteiger partial charge in [0.25, 0.3) is 0 Å². The Labute approximate surface area is 318 Å². The van der Waals surface area contributed by atoms with Crippen molar-refractivity contribution in [3.05, 3.63) is 181 Å². The molecular formula is C53H34N2. The number of hydrogen-bond acceptors (Lipinski definition) is 2. The fourth-order valence-corrected chi connectivity index (χ4v) is 9.86. The lowest BCUT2D eigenvalue weighted by molar-refractivity contribution is 0.659. The summed E-state index contributed by atoms with van der Waals surface area (Å²) >= 11 is 0. The summed E-state index contributed by atoms with van der Waals surface area (Å²) < 4.78 is 0. The lowest BCUT2D eigenvalue weighted by atomic mass is 9.80. The van der Waals surface area contributed by atoms with Gasteiger partial charge < -0.3 is 0 Å². The van der Waals surface area contributed by atoms with Crippen LogP contribution in [-0.4, -0.2) is 9.97 Å². The van der Waals surface area contributed by atoms with Crippen LogP contribution in [0.5, 0.6) is 0 Å². The molecule has 55 heavy (non-hydrogen) atoms. The molecular weight excluding hydrogens is 665 g/mol. The smallest absolute Gasteiger partial charge is 0.0938 e. The van der Waals surface area contributed by atoms with Gasteiger partial charge in [-0.2, -0.15) is 0 Å². The van der Waals surface area contributed by atoms with E-state index in [1.54, 1.807) is 0 Å². The van der Waals surface area contributed by atoms with Gasteiger partial charge in [0.15, 0.2) is 0 Å². The molecule has 1 aliphatic carbocycles. The highest BCUT2D eigenvalue weighted by Crippen LogP contribution is 2.52. The molecule has 2 nitrogen and oxygen atoms in total. The molecule has 12 rings (SSSR count). The van der Waals surface area contributed by atoms with E-state index in [0.717, 1.165) is 22.5 Å². The van der Waals surface area contributed by atoms with Crippen molar-refractivity contribution in [2.24, 2.45) is 0 Å². The van der Waals surface area contributed by atoms with Gasteiger partial charge in [-0.15, -0.1) is 0 Å². The van der Waals surface area contributed by atoms with Crippen LogP contribution >= 0.6 is 0 Å². The molecule has 11 aromatic rings. The molecule has 0 amide bonds. The largest absolute Gasteiger partial charge is 0.254 e. The van der Waals surface area contributed by atoms with Gasteiger partial charge >= 0.3 is 0 Å². The molecule has 0 radical (unpaired) electrons. The summed E-state index contributed by atoms with van der Waals surface area (Å²) in [4.78, 5) is 10.8. The Morgan fingerprint density at radius 2 is 0.782 bits per heavy atom. The average molecular weight is 699 g/mol. The lowest BCUT2D eigenvalue weighted by Gasteiger charge is -2.23. The van der Waals surface area contributed by atoms with Gasteiger partial charge in [0.05, 0.1) is 16.9 Å². The van der Waals surface area contributed by atoms with Crippen LogP contribution in [0.25, 0.3) is 109 Å². The summed E-state index contributed by atoms with van der Waals surface area (Å²) in [5, 5.41) is 16.1. The average Bonchev–Trinajstić information content (AvgIpc) is 3.46. The Morgan fingerprint density at radius 3 is 1.36 bits per heavy atom.